The molecule has 0 N–H and O–H groups in total. The van der Waals surface area contributed by atoms with Crippen LogP contribution in [-0.2, 0) is 26.0 Å². The molecule has 147 valence electrons. The molecule has 0 aromatic carbocycles. The van der Waals surface area contributed by atoms with Gasteiger partial charge in [-0.3, -0.25) is 0 Å². The first kappa shape index (κ1) is 23.6. The summed E-state index contributed by atoms with van der Waals surface area (Å²) in [7, 11) is -7.17. The Balaban J connectivity index is 3.90. The van der Waals surface area contributed by atoms with Crippen LogP contribution in [0.3, 0.4) is 0 Å². The molecule has 0 aliphatic heterocycles. The average Bonchev–Trinajstić information content (AvgIpc) is 2.72. The van der Waals surface area contributed by atoms with Crippen LogP contribution in [-0.4, -0.2) is 27.7 Å². The predicted octanol–water partition coefficient (Wildman–Crippen LogP) is 6.05. The Morgan fingerprint density at radius 2 is 1.16 bits per heavy atom. The molecule has 0 aromatic rings. The maximum absolute atomic E-state index is 15.1. The van der Waals surface area contributed by atoms with Crippen LogP contribution in [0.2, 0.25) is 0 Å². The number of allylic oxidation sites excluding steroid dienone is 4. The summed E-state index contributed by atoms with van der Waals surface area (Å²) in [5.74, 6) is 0. The van der Waals surface area contributed by atoms with Crippen molar-refractivity contribution in [1.29, 1.82) is 0 Å². The second-order valence-corrected chi connectivity index (χ2v) is 37.4. The standard InChI is InChI=1S/C5H5.3C4H9O.F3Ge.Zr/c1-2-4-5-3-1;3*1-4(2,3)5;1-4(2)3;/h1-3H,4H2;3*1-3H3;;/q;3*-1;;+3. The minimum absolute atomic E-state index is 0.165. The predicted molar refractivity (Wildman–Crippen MR) is 93.4 cm³/mol. The molecule has 25 heavy (non-hydrogen) atoms. The minimum atomic E-state index is -7.17. The molecule has 0 amide bonds. The van der Waals surface area contributed by atoms with Gasteiger partial charge in [-0.2, -0.15) is 0 Å². The van der Waals surface area contributed by atoms with Crippen molar-refractivity contribution in [2.75, 3.05) is 0 Å². The van der Waals surface area contributed by atoms with Gasteiger partial charge in [-0.25, -0.2) is 0 Å². The third-order valence-corrected chi connectivity index (χ3v) is 36.5. The summed E-state index contributed by atoms with van der Waals surface area (Å²) in [6.07, 6.45) is 5.02. The Morgan fingerprint density at radius 3 is 1.36 bits per heavy atom. The summed E-state index contributed by atoms with van der Waals surface area (Å²) in [6.45, 7) is 14.7. The molecular formula is C17H32F3GeO3Zr. The van der Waals surface area contributed by atoms with Crippen molar-refractivity contribution < 1.29 is 36.5 Å². The molecule has 0 saturated heterocycles. The van der Waals surface area contributed by atoms with E-state index < -0.39 is 45.3 Å². The van der Waals surface area contributed by atoms with E-state index in [9.17, 15) is 0 Å². The van der Waals surface area contributed by atoms with E-state index >= 15 is 10.5 Å². The van der Waals surface area contributed by atoms with Crippen molar-refractivity contribution in [1.82, 2.24) is 0 Å². The van der Waals surface area contributed by atoms with Gasteiger partial charge in [0.2, 0.25) is 0 Å². The molecular weight excluding hydrogens is 473 g/mol. The van der Waals surface area contributed by atoms with Crippen molar-refractivity contribution in [3.63, 3.8) is 0 Å². The van der Waals surface area contributed by atoms with Crippen LogP contribution in [0.15, 0.2) is 21.5 Å². The first-order valence-corrected chi connectivity index (χ1v) is 22.6. The second kappa shape index (κ2) is 6.87. The first-order chi connectivity index (χ1) is 10.8. The summed E-state index contributed by atoms with van der Waals surface area (Å²) < 4.78 is 63.6. The average molecular weight is 505 g/mol. The molecule has 0 radical (unpaired) electrons. The van der Waals surface area contributed by atoms with E-state index in [1.54, 1.807) is 74.5 Å². The Labute approximate surface area is 154 Å². The van der Waals surface area contributed by atoms with Crippen molar-refractivity contribution in [3.05, 3.63) is 21.5 Å². The van der Waals surface area contributed by atoms with E-state index in [2.05, 4.69) is 0 Å². The summed E-state index contributed by atoms with van der Waals surface area (Å²) >= 11 is -6.76. The van der Waals surface area contributed by atoms with Gasteiger partial charge in [0.1, 0.15) is 0 Å². The fourth-order valence-electron chi connectivity index (χ4n) is 3.05. The van der Waals surface area contributed by atoms with Crippen molar-refractivity contribution in [3.8, 4) is 0 Å². The summed E-state index contributed by atoms with van der Waals surface area (Å²) in [5.41, 5.74) is -3.15. The molecule has 0 atom stereocenters. The Hall–Kier alpha value is 0.576. The molecule has 1 rings (SSSR count). The maximum atomic E-state index is 15.1. The van der Waals surface area contributed by atoms with Gasteiger partial charge >= 0.3 is 154 Å². The van der Waals surface area contributed by atoms with Crippen LogP contribution in [0.1, 0.15) is 68.7 Å². The van der Waals surface area contributed by atoms with Crippen LogP contribution >= 0.6 is 0 Å². The second-order valence-electron chi connectivity index (χ2n) is 9.45. The zero-order chi connectivity index (χ0) is 20.0. The van der Waals surface area contributed by atoms with E-state index in [4.69, 9.17) is 8.44 Å². The van der Waals surface area contributed by atoms with E-state index in [-0.39, 0.29) is 9.70 Å². The molecule has 0 unspecified atom stereocenters. The number of hydrogen-bond donors (Lipinski definition) is 0. The van der Waals surface area contributed by atoms with E-state index in [1.165, 1.54) is 6.08 Å². The summed E-state index contributed by atoms with van der Waals surface area (Å²) in [6, 6.07) is 0. The Kier molecular flexibility index (Phi) is 6.49. The molecule has 0 aromatic heterocycles. The van der Waals surface area contributed by atoms with Gasteiger partial charge in [-0.15, -0.1) is 0 Å². The summed E-state index contributed by atoms with van der Waals surface area (Å²) in [5, 5.41) is 0. The number of rotatable bonds is 5. The Morgan fingerprint density at radius 1 is 0.800 bits per heavy atom. The monoisotopic (exact) mass is 505 g/mol. The molecule has 0 bridgehead atoms. The van der Waals surface area contributed by atoms with Crippen molar-refractivity contribution in [2.45, 2.75) is 85.5 Å². The van der Waals surface area contributed by atoms with Gasteiger partial charge < -0.3 is 0 Å². The van der Waals surface area contributed by atoms with E-state index in [0.29, 0.717) is 0 Å². The molecule has 3 nitrogen and oxygen atoms in total. The van der Waals surface area contributed by atoms with Gasteiger partial charge in [-0.1, -0.05) is 0 Å². The van der Waals surface area contributed by atoms with Gasteiger partial charge in [-0.05, 0) is 0 Å². The number of hydrogen-bond acceptors (Lipinski definition) is 3. The number of halogens is 3. The van der Waals surface area contributed by atoms with E-state index in [0.717, 1.165) is 0 Å². The van der Waals surface area contributed by atoms with Crippen molar-refractivity contribution >= 4 is 10.9 Å². The van der Waals surface area contributed by atoms with Gasteiger partial charge in [0.05, 0.1) is 0 Å². The topological polar surface area (TPSA) is 27.7 Å². The third kappa shape index (κ3) is 5.31. The molecule has 0 saturated carbocycles. The van der Waals surface area contributed by atoms with Gasteiger partial charge in [0.25, 0.3) is 0 Å². The first-order valence-electron chi connectivity index (χ1n) is 8.51. The quantitative estimate of drug-likeness (QED) is 0.426. The van der Waals surface area contributed by atoms with Crippen molar-refractivity contribution in [2.24, 2.45) is 0 Å². The zero-order valence-corrected chi connectivity index (χ0v) is 21.4. The molecule has 0 spiro atoms. The third-order valence-electron chi connectivity index (χ3n) is 3.29. The zero-order valence-electron chi connectivity index (χ0n) is 16.8. The Bertz CT molecular complexity index is 520. The molecule has 8 heteroatoms. The normalized spacial score (nSPS) is 18.9. The summed E-state index contributed by atoms with van der Waals surface area (Å²) in [4.78, 5) is 0. The van der Waals surface area contributed by atoms with E-state index in [1.807, 2.05) is 0 Å². The fourth-order valence-corrected chi connectivity index (χ4v) is 38.9. The SMILES string of the molecule is CC(C)(C)[O][Zr]([O]C(C)(C)C)([O]C(C)(C)C)([C]1=CC=CC1)[Ge]([F])([F])[F]. The van der Waals surface area contributed by atoms with Crippen LogP contribution in [0.4, 0.5) is 10.5 Å². The van der Waals surface area contributed by atoms with Crippen LogP contribution in [0.25, 0.3) is 0 Å². The molecule has 1 aliphatic carbocycles. The van der Waals surface area contributed by atoms with Crippen LogP contribution in [0.5, 0.6) is 0 Å². The molecule has 0 heterocycles. The van der Waals surface area contributed by atoms with Gasteiger partial charge in [0, 0.05) is 0 Å². The van der Waals surface area contributed by atoms with Crippen LogP contribution in [0, 0.1) is 0 Å². The van der Waals surface area contributed by atoms with Gasteiger partial charge in [0.15, 0.2) is 0 Å². The molecule has 1 aliphatic rings. The molecule has 0 fully saturated rings. The fraction of sp³-hybridized carbons (Fsp3) is 0.765. The van der Waals surface area contributed by atoms with Crippen LogP contribution < -0.4 is 0 Å².